The first-order chi connectivity index (χ1) is 11.0. The first kappa shape index (κ1) is 15.0. The van der Waals surface area contributed by atoms with Crippen molar-refractivity contribution in [2.45, 2.75) is 20.8 Å². The zero-order valence-electron chi connectivity index (χ0n) is 13.3. The van der Waals surface area contributed by atoms with Crippen LogP contribution in [0.3, 0.4) is 0 Å². The number of hydrogen-bond acceptors (Lipinski definition) is 4. The monoisotopic (exact) mass is 307 g/mol. The summed E-state index contributed by atoms with van der Waals surface area (Å²) in [4.78, 5) is 12.2. The minimum atomic E-state index is -0.530. The number of aryl methyl sites for hydroxylation is 3. The van der Waals surface area contributed by atoms with Gasteiger partial charge in [-0.1, -0.05) is 35.5 Å². The summed E-state index contributed by atoms with van der Waals surface area (Å²) in [6.45, 7) is 5.96. The number of ether oxygens (including phenoxy) is 1. The highest BCUT2D eigenvalue weighted by Crippen LogP contribution is 2.24. The second-order valence-corrected chi connectivity index (χ2v) is 5.53. The lowest BCUT2D eigenvalue weighted by Gasteiger charge is -2.04. The third-order valence-electron chi connectivity index (χ3n) is 3.81. The molecule has 0 bridgehead atoms. The zero-order chi connectivity index (χ0) is 16.4. The summed E-state index contributed by atoms with van der Waals surface area (Å²) in [5, 5.41) is 3.82. The summed E-state index contributed by atoms with van der Waals surface area (Å²) >= 11 is 0. The van der Waals surface area contributed by atoms with E-state index >= 15 is 0 Å². The normalized spacial score (nSPS) is 10.6. The molecule has 0 amide bonds. The Morgan fingerprint density at radius 3 is 2.48 bits per heavy atom. The van der Waals surface area contributed by atoms with E-state index in [1.165, 1.54) is 5.56 Å². The van der Waals surface area contributed by atoms with Crippen LogP contribution in [0.1, 0.15) is 27.2 Å². The average Bonchev–Trinajstić information content (AvgIpc) is 3.02. The Labute approximate surface area is 134 Å². The predicted octanol–water partition coefficient (Wildman–Crippen LogP) is 4.49. The molecule has 0 spiro atoms. The molecule has 0 aliphatic heterocycles. The van der Waals surface area contributed by atoms with Gasteiger partial charge in [0, 0.05) is 11.6 Å². The highest BCUT2D eigenvalue weighted by atomic mass is 16.5. The predicted molar refractivity (Wildman–Crippen MR) is 87.6 cm³/mol. The Hall–Kier alpha value is -2.88. The van der Waals surface area contributed by atoms with Crippen molar-refractivity contribution in [3.05, 3.63) is 70.9 Å². The smallest absolute Gasteiger partial charge is 0.365 e. The van der Waals surface area contributed by atoms with Crippen LogP contribution in [0.25, 0.3) is 11.3 Å². The quantitative estimate of drug-likeness (QED) is 0.528. The van der Waals surface area contributed by atoms with Gasteiger partial charge in [-0.15, -0.1) is 0 Å². The van der Waals surface area contributed by atoms with Crippen molar-refractivity contribution in [2.75, 3.05) is 0 Å². The lowest BCUT2D eigenvalue weighted by Crippen LogP contribution is -2.09. The number of benzene rings is 2. The van der Waals surface area contributed by atoms with Crippen molar-refractivity contribution in [3.8, 4) is 17.1 Å². The van der Waals surface area contributed by atoms with Gasteiger partial charge in [-0.25, -0.2) is 4.79 Å². The zero-order valence-corrected chi connectivity index (χ0v) is 13.3. The van der Waals surface area contributed by atoms with Crippen LogP contribution in [0.2, 0.25) is 0 Å². The number of rotatable bonds is 3. The maximum Gasteiger partial charge on any atom is 0.365 e. The third-order valence-corrected chi connectivity index (χ3v) is 3.81. The van der Waals surface area contributed by atoms with E-state index in [2.05, 4.69) is 5.16 Å². The molecular formula is C19H17NO3. The number of aromatic nitrogens is 1. The molecular weight excluding hydrogens is 290 g/mol. The minimum absolute atomic E-state index is 0.154. The molecule has 1 aromatic heterocycles. The first-order valence-electron chi connectivity index (χ1n) is 7.37. The van der Waals surface area contributed by atoms with Crippen LogP contribution in [-0.2, 0) is 0 Å². The molecule has 0 saturated carbocycles. The second kappa shape index (κ2) is 6.08. The van der Waals surface area contributed by atoms with Crippen molar-refractivity contribution in [1.82, 2.24) is 5.16 Å². The molecule has 4 nitrogen and oxygen atoms in total. The highest BCUT2D eigenvalue weighted by molar-refractivity contribution is 5.90. The van der Waals surface area contributed by atoms with E-state index in [9.17, 15) is 4.79 Å². The summed E-state index contributed by atoms with van der Waals surface area (Å²) in [7, 11) is 0. The topological polar surface area (TPSA) is 52.3 Å². The van der Waals surface area contributed by atoms with Gasteiger partial charge in [-0.2, -0.15) is 0 Å². The van der Waals surface area contributed by atoms with Crippen LogP contribution in [0.5, 0.6) is 5.75 Å². The number of nitrogens with zero attached hydrogens (tertiary/aromatic N) is 1. The van der Waals surface area contributed by atoms with Gasteiger partial charge in [0.25, 0.3) is 0 Å². The van der Waals surface area contributed by atoms with Crippen LogP contribution in [0.4, 0.5) is 0 Å². The van der Waals surface area contributed by atoms with Crippen LogP contribution in [0.15, 0.2) is 53.1 Å². The second-order valence-electron chi connectivity index (χ2n) is 5.53. The molecule has 0 atom stereocenters. The van der Waals surface area contributed by atoms with Gasteiger partial charge >= 0.3 is 5.97 Å². The molecule has 0 saturated heterocycles. The van der Waals surface area contributed by atoms with Gasteiger partial charge in [-0.05, 0) is 49.6 Å². The van der Waals surface area contributed by atoms with Crippen molar-refractivity contribution >= 4 is 5.97 Å². The molecule has 4 heteroatoms. The first-order valence-corrected chi connectivity index (χ1v) is 7.37. The average molecular weight is 307 g/mol. The van der Waals surface area contributed by atoms with Gasteiger partial charge in [0.05, 0.1) is 0 Å². The Kier molecular flexibility index (Phi) is 3.98. The maximum atomic E-state index is 12.2. The van der Waals surface area contributed by atoms with Crippen LogP contribution in [-0.4, -0.2) is 11.1 Å². The van der Waals surface area contributed by atoms with E-state index in [0.717, 1.165) is 16.7 Å². The summed E-state index contributed by atoms with van der Waals surface area (Å²) < 4.78 is 10.6. The van der Waals surface area contributed by atoms with E-state index < -0.39 is 5.97 Å². The van der Waals surface area contributed by atoms with Crippen LogP contribution in [0, 0.1) is 20.8 Å². The Morgan fingerprint density at radius 2 is 1.74 bits per heavy atom. The van der Waals surface area contributed by atoms with Crippen molar-refractivity contribution in [1.29, 1.82) is 0 Å². The van der Waals surface area contributed by atoms with Crippen LogP contribution >= 0.6 is 0 Å². The molecule has 0 aliphatic rings. The molecule has 0 radical (unpaired) electrons. The molecule has 0 N–H and O–H groups in total. The maximum absolute atomic E-state index is 12.2. The SMILES string of the molecule is Cc1ccc(-c2cc(C(=O)Oc3ccccc3C)no2)cc1C. The standard InChI is InChI=1S/C19H17NO3/c1-12-8-9-15(10-14(12)3)18-11-16(20-23-18)19(21)22-17-7-5-4-6-13(17)2/h4-11H,1-3H3. The van der Waals surface area contributed by atoms with Crippen molar-refractivity contribution in [3.63, 3.8) is 0 Å². The van der Waals surface area contributed by atoms with Gasteiger partial charge in [-0.3, -0.25) is 0 Å². The van der Waals surface area contributed by atoms with E-state index in [1.54, 1.807) is 12.1 Å². The fourth-order valence-corrected chi connectivity index (χ4v) is 2.23. The Bertz CT molecular complexity index is 865. The molecule has 0 aliphatic carbocycles. The van der Waals surface area contributed by atoms with E-state index in [4.69, 9.17) is 9.26 Å². The van der Waals surface area contributed by atoms with Crippen LogP contribution < -0.4 is 4.74 Å². The number of hydrogen-bond donors (Lipinski definition) is 0. The van der Waals surface area contributed by atoms with Gasteiger partial charge in [0.1, 0.15) is 5.75 Å². The fourth-order valence-electron chi connectivity index (χ4n) is 2.23. The van der Waals surface area contributed by atoms with E-state index in [0.29, 0.717) is 11.5 Å². The molecule has 116 valence electrons. The number of para-hydroxylation sites is 1. The Morgan fingerprint density at radius 1 is 0.957 bits per heavy atom. The molecule has 2 aromatic carbocycles. The summed E-state index contributed by atoms with van der Waals surface area (Å²) in [5.41, 5.74) is 4.28. The number of carbonyl (C=O) groups excluding carboxylic acids is 1. The lowest BCUT2D eigenvalue weighted by atomic mass is 10.0. The fraction of sp³-hybridized carbons (Fsp3) is 0.158. The molecule has 3 rings (SSSR count). The van der Waals surface area contributed by atoms with E-state index in [1.807, 2.05) is 57.2 Å². The summed E-state index contributed by atoms with van der Waals surface area (Å²) in [6, 6.07) is 14.9. The van der Waals surface area contributed by atoms with Crippen molar-refractivity contribution in [2.24, 2.45) is 0 Å². The summed E-state index contributed by atoms with van der Waals surface area (Å²) in [6.07, 6.45) is 0. The Balaban J connectivity index is 1.82. The summed E-state index contributed by atoms with van der Waals surface area (Å²) in [5.74, 6) is 0.538. The van der Waals surface area contributed by atoms with Crippen molar-refractivity contribution < 1.29 is 14.1 Å². The number of carbonyl (C=O) groups is 1. The molecule has 23 heavy (non-hydrogen) atoms. The molecule has 1 heterocycles. The van der Waals surface area contributed by atoms with Gasteiger partial charge in [0.2, 0.25) is 0 Å². The minimum Gasteiger partial charge on any atom is -0.421 e. The largest absolute Gasteiger partial charge is 0.421 e. The third kappa shape index (κ3) is 3.16. The molecule has 3 aromatic rings. The molecule has 0 unspecified atom stereocenters. The van der Waals surface area contributed by atoms with Gasteiger partial charge < -0.3 is 9.26 Å². The number of esters is 1. The lowest BCUT2D eigenvalue weighted by molar-refractivity contribution is 0.0723. The van der Waals surface area contributed by atoms with E-state index in [-0.39, 0.29) is 5.69 Å². The highest BCUT2D eigenvalue weighted by Gasteiger charge is 2.16. The molecule has 0 fully saturated rings. The van der Waals surface area contributed by atoms with Gasteiger partial charge in [0.15, 0.2) is 11.5 Å².